The van der Waals surface area contributed by atoms with Crippen molar-refractivity contribution >= 4 is 11.9 Å². The van der Waals surface area contributed by atoms with Crippen molar-refractivity contribution in [2.24, 2.45) is 9.98 Å². The standard InChI is InChI=1S/C13H16N2/c1-11(12-6-3-2-4-7-12)15-13-8-5-9-14-10-13/h2-4,6-7,9,11H,5,8,10H2,1H3. The molecule has 2 heteroatoms. The summed E-state index contributed by atoms with van der Waals surface area (Å²) in [6.07, 6.45) is 4.10. The molecule has 78 valence electrons. The fraction of sp³-hybridized carbons (Fsp3) is 0.385. The summed E-state index contributed by atoms with van der Waals surface area (Å²) in [6.45, 7) is 2.93. The predicted octanol–water partition coefficient (Wildman–Crippen LogP) is 3.05. The van der Waals surface area contributed by atoms with Gasteiger partial charge in [-0.25, -0.2) is 0 Å². The largest absolute Gasteiger partial charge is 0.292 e. The van der Waals surface area contributed by atoms with E-state index < -0.39 is 0 Å². The number of hydrogen-bond acceptors (Lipinski definition) is 2. The fourth-order valence-electron chi connectivity index (χ4n) is 1.76. The van der Waals surface area contributed by atoms with Crippen LogP contribution in [0.5, 0.6) is 0 Å². The Kier molecular flexibility index (Phi) is 3.28. The summed E-state index contributed by atoms with van der Waals surface area (Å²) in [4.78, 5) is 8.96. The molecule has 0 fully saturated rings. The van der Waals surface area contributed by atoms with Gasteiger partial charge in [-0.2, -0.15) is 0 Å². The minimum Gasteiger partial charge on any atom is -0.292 e. The van der Waals surface area contributed by atoms with E-state index in [0.29, 0.717) is 0 Å². The maximum atomic E-state index is 4.71. The van der Waals surface area contributed by atoms with E-state index in [2.05, 4.69) is 36.2 Å². The first-order valence-electron chi connectivity index (χ1n) is 5.45. The van der Waals surface area contributed by atoms with Crippen molar-refractivity contribution in [1.82, 2.24) is 0 Å². The highest BCUT2D eigenvalue weighted by molar-refractivity contribution is 5.91. The molecule has 1 atom stereocenters. The van der Waals surface area contributed by atoms with Gasteiger partial charge in [0.2, 0.25) is 0 Å². The summed E-state index contributed by atoms with van der Waals surface area (Å²) in [5.41, 5.74) is 2.51. The third-order valence-electron chi connectivity index (χ3n) is 2.62. The lowest BCUT2D eigenvalue weighted by Gasteiger charge is -2.11. The molecule has 1 aliphatic rings. The molecule has 0 saturated carbocycles. The first-order chi connectivity index (χ1) is 7.36. The molecule has 0 saturated heterocycles. The molecule has 0 spiro atoms. The van der Waals surface area contributed by atoms with Gasteiger partial charge in [0.25, 0.3) is 0 Å². The van der Waals surface area contributed by atoms with Gasteiger partial charge in [-0.3, -0.25) is 9.98 Å². The predicted molar refractivity (Wildman–Crippen MR) is 64.9 cm³/mol. The lowest BCUT2D eigenvalue weighted by atomic mass is 10.1. The molecule has 1 aromatic carbocycles. The van der Waals surface area contributed by atoms with Crippen LogP contribution >= 0.6 is 0 Å². The topological polar surface area (TPSA) is 24.7 Å². The van der Waals surface area contributed by atoms with E-state index in [-0.39, 0.29) is 6.04 Å². The van der Waals surface area contributed by atoms with E-state index >= 15 is 0 Å². The van der Waals surface area contributed by atoms with Gasteiger partial charge in [-0.15, -0.1) is 0 Å². The second-order valence-electron chi connectivity index (χ2n) is 3.84. The number of hydrogen-bond donors (Lipinski definition) is 0. The highest BCUT2D eigenvalue weighted by Crippen LogP contribution is 2.17. The Labute approximate surface area is 90.8 Å². The van der Waals surface area contributed by atoms with Crippen LogP contribution in [0, 0.1) is 0 Å². The lowest BCUT2D eigenvalue weighted by Crippen LogP contribution is -2.10. The van der Waals surface area contributed by atoms with Crippen LogP contribution in [0.1, 0.15) is 31.4 Å². The van der Waals surface area contributed by atoms with Crippen molar-refractivity contribution in [3.05, 3.63) is 35.9 Å². The van der Waals surface area contributed by atoms with E-state index in [9.17, 15) is 0 Å². The molecular weight excluding hydrogens is 184 g/mol. The zero-order valence-corrected chi connectivity index (χ0v) is 9.06. The van der Waals surface area contributed by atoms with Crippen LogP contribution in [0.25, 0.3) is 0 Å². The van der Waals surface area contributed by atoms with Crippen molar-refractivity contribution in [2.45, 2.75) is 25.8 Å². The SMILES string of the molecule is CC(N=C1CCC=NC1)c1ccccc1. The Morgan fingerprint density at radius 3 is 2.73 bits per heavy atom. The summed E-state index contributed by atoms with van der Waals surface area (Å²) >= 11 is 0. The molecule has 0 aromatic heterocycles. The smallest absolute Gasteiger partial charge is 0.0764 e. The highest BCUT2D eigenvalue weighted by atomic mass is 14.8. The molecule has 0 aliphatic carbocycles. The third-order valence-corrected chi connectivity index (χ3v) is 2.62. The Bertz CT molecular complexity index is 365. The Morgan fingerprint density at radius 1 is 1.27 bits per heavy atom. The minimum absolute atomic E-state index is 0.259. The van der Waals surface area contributed by atoms with Gasteiger partial charge in [-0.1, -0.05) is 30.3 Å². The lowest BCUT2D eigenvalue weighted by molar-refractivity contribution is 0.806. The van der Waals surface area contributed by atoms with E-state index in [1.165, 1.54) is 11.3 Å². The molecule has 2 nitrogen and oxygen atoms in total. The van der Waals surface area contributed by atoms with Gasteiger partial charge in [0.05, 0.1) is 12.6 Å². The second-order valence-corrected chi connectivity index (χ2v) is 3.84. The van der Waals surface area contributed by atoms with Gasteiger partial charge in [0.15, 0.2) is 0 Å². The van der Waals surface area contributed by atoms with Gasteiger partial charge in [0, 0.05) is 5.71 Å². The normalized spacial score (nSPS) is 20.5. The molecular formula is C13H16N2. The van der Waals surface area contributed by atoms with Crippen LogP contribution in [0.2, 0.25) is 0 Å². The first kappa shape index (κ1) is 10.1. The van der Waals surface area contributed by atoms with Crippen molar-refractivity contribution in [1.29, 1.82) is 0 Å². The molecule has 1 aromatic rings. The maximum absolute atomic E-state index is 4.71. The molecule has 2 rings (SSSR count). The average Bonchev–Trinajstić information content (AvgIpc) is 2.31. The molecule has 0 radical (unpaired) electrons. The van der Waals surface area contributed by atoms with Crippen LogP contribution in [0.3, 0.4) is 0 Å². The van der Waals surface area contributed by atoms with Crippen molar-refractivity contribution < 1.29 is 0 Å². The number of rotatable bonds is 2. The molecule has 15 heavy (non-hydrogen) atoms. The van der Waals surface area contributed by atoms with Crippen molar-refractivity contribution in [2.75, 3.05) is 6.54 Å². The minimum atomic E-state index is 0.259. The summed E-state index contributed by atoms with van der Waals surface area (Å²) in [5.74, 6) is 0. The summed E-state index contributed by atoms with van der Waals surface area (Å²) < 4.78 is 0. The van der Waals surface area contributed by atoms with Gasteiger partial charge < -0.3 is 0 Å². The number of benzene rings is 1. The van der Waals surface area contributed by atoms with Crippen molar-refractivity contribution in [3.63, 3.8) is 0 Å². The molecule has 0 N–H and O–H groups in total. The zero-order chi connectivity index (χ0) is 10.5. The maximum Gasteiger partial charge on any atom is 0.0764 e. The van der Waals surface area contributed by atoms with E-state index in [1.807, 2.05) is 12.3 Å². The summed E-state index contributed by atoms with van der Waals surface area (Å²) in [5, 5.41) is 0. The zero-order valence-electron chi connectivity index (χ0n) is 9.06. The Balaban J connectivity index is 2.09. The summed E-state index contributed by atoms with van der Waals surface area (Å²) in [7, 11) is 0. The Hall–Kier alpha value is -1.44. The third kappa shape index (κ3) is 2.75. The van der Waals surface area contributed by atoms with Crippen LogP contribution < -0.4 is 0 Å². The first-order valence-corrected chi connectivity index (χ1v) is 5.45. The van der Waals surface area contributed by atoms with Gasteiger partial charge in [0.1, 0.15) is 0 Å². The Morgan fingerprint density at radius 2 is 2.07 bits per heavy atom. The summed E-state index contributed by atoms with van der Waals surface area (Å²) in [6, 6.07) is 10.7. The monoisotopic (exact) mass is 200 g/mol. The molecule has 1 aliphatic heterocycles. The van der Waals surface area contributed by atoms with Gasteiger partial charge in [-0.05, 0) is 31.5 Å². The quantitative estimate of drug-likeness (QED) is 0.701. The fourth-order valence-corrected chi connectivity index (χ4v) is 1.76. The second kappa shape index (κ2) is 4.87. The van der Waals surface area contributed by atoms with Crippen LogP contribution in [0.15, 0.2) is 40.3 Å². The number of aliphatic imine (C=N–C) groups is 2. The van der Waals surface area contributed by atoms with Crippen LogP contribution in [-0.2, 0) is 0 Å². The molecule has 0 amide bonds. The van der Waals surface area contributed by atoms with E-state index in [4.69, 9.17) is 4.99 Å². The molecule has 1 unspecified atom stereocenters. The van der Waals surface area contributed by atoms with E-state index in [0.717, 1.165) is 19.4 Å². The van der Waals surface area contributed by atoms with Crippen LogP contribution in [-0.4, -0.2) is 18.5 Å². The highest BCUT2D eigenvalue weighted by Gasteiger charge is 2.06. The molecule has 1 heterocycles. The van der Waals surface area contributed by atoms with Gasteiger partial charge >= 0.3 is 0 Å². The van der Waals surface area contributed by atoms with Crippen molar-refractivity contribution in [3.8, 4) is 0 Å². The van der Waals surface area contributed by atoms with E-state index in [1.54, 1.807) is 0 Å². The number of nitrogens with zero attached hydrogens (tertiary/aromatic N) is 2. The average molecular weight is 200 g/mol. The van der Waals surface area contributed by atoms with Crippen LogP contribution in [0.4, 0.5) is 0 Å². The molecule has 0 bridgehead atoms.